The maximum absolute atomic E-state index is 14.0. The predicted molar refractivity (Wildman–Crippen MR) is 123 cm³/mol. The van der Waals surface area contributed by atoms with Crippen LogP contribution in [-0.2, 0) is 19.1 Å². The van der Waals surface area contributed by atoms with Crippen molar-refractivity contribution >= 4 is 41.2 Å². The third kappa shape index (κ3) is 4.00. The highest BCUT2D eigenvalue weighted by Gasteiger charge is 2.67. The van der Waals surface area contributed by atoms with E-state index in [9.17, 15) is 24.4 Å². The smallest absolute Gasteiger partial charge is 0.350 e. The number of anilines is 1. The summed E-state index contributed by atoms with van der Waals surface area (Å²) in [7, 11) is 1.29. The summed E-state index contributed by atoms with van der Waals surface area (Å²) in [6.45, 7) is 0.481. The summed E-state index contributed by atoms with van der Waals surface area (Å²) in [5, 5.41) is 15.2. The predicted octanol–water partition coefficient (Wildman–Crippen LogP) is 2.90. The van der Waals surface area contributed by atoms with Gasteiger partial charge in [-0.05, 0) is 54.4 Å². The average molecular weight is 490 g/mol. The van der Waals surface area contributed by atoms with E-state index in [2.05, 4.69) is 5.32 Å². The number of carbonyl (C=O) groups excluding carboxylic acids is 4. The number of hydrogen-bond donors (Lipinski definition) is 2. The number of hydroxylamine groups is 2. The second kappa shape index (κ2) is 8.64. The Kier molecular flexibility index (Phi) is 5.92. The summed E-state index contributed by atoms with van der Waals surface area (Å²) in [6, 6.07) is 1.01. The molecule has 3 atom stereocenters. The van der Waals surface area contributed by atoms with E-state index in [1.165, 1.54) is 18.4 Å². The van der Waals surface area contributed by atoms with E-state index >= 15 is 0 Å². The van der Waals surface area contributed by atoms with Crippen LogP contribution in [0.15, 0.2) is 11.4 Å². The number of thiophene rings is 1. The lowest BCUT2D eigenvalue weighted by atomic mass is 9.91. The van der Waals surface area contributed by atoms with Gasteiger partial charge in [-0.15, -0.1) is 11.3 Å². The van der Waals surface area contributed by atoms with Gasteiger partial charge in [0.05, 0.1) is 24.8 Å². The topological polar surface area (TPSA) is 116 Å². The van der Waals surface area contributed by atoms with Gasteiger partial charge in [0.2, 0.25) is 18.2 Å². The van der Waals surface area contributed by atoms with Crippen LogP contribution < -0.4 is 5.32 Å². The molecule has 4 aliphatic rings. The molecule has 2 N–H and O–H groups in total. The van der Waals surface area contributed by atoms with Gasteiger partial charge in [-0.2, -0.15) is 0 Å². The number of carbonyl (C=O) groups is 4. The number of ether oxygens (including phenoxy) is 1. The van der Waals surface area contributed by atoms with Gasteiger partial charge in [-0.25, -0.2) is 9.86 Å². The number of amides is 3. The van der Waals surface area contributed by atoms with Gasteiger partial charge < -0.3 is 15.0 Å². The number of nitrogens with one attached hydrogen (secondary N) is 1. The van der Waals surface area contributed by atoms with E-state index in [0.29, 0.717) is 47.3 Å². The number of rotatable bonds is 8. The standard InChI is InChI=1S/C24H31N3O6S/c1-33-21(30)19-17(6-9-34-19)25-20(29)18-11-23(7-8-23)12-27(18)22(31)24(13-26(32)14-28)10-16(24)15-4-2-3-5-15/h6,9,14-16,18,32H,2-5,7-8,10-13H2,1H3,(H,25,29)/t16?,18-,24+/m0/s1. The van der Waals surface area contributed by atoms with Crippen LogP contribution in [0.25, 0.3) is 0 Å². The van der Waals surface area contributed by atoms with Crippen LogP contribution in [-0.4, -0.2) is 65.6 Å². The van der Waals surface area contributed by atoms with Gasteiger partial charge in [0.15, 0.2) is 0 Å². The molecule has 2 heterocycles. The summed E-state index contributed by atoms with van der Waals surface area (Å²) < 4.78 is 4.80. The van der Waals surface area contributed by atoms with E-state index in [0.717, 1.165) is 38.5 Å². The molecule has 1 aromatic heterocycles. The number of likely N-dealkylation sites (tertiary alicyclic amines) is 1. The molecule has 1 saturated heterocycles. The normalized spacial score (nSPS) is 29.2. The van der Waals surface area contributed by atoms with Crippen LogP contribution in [0.3, 0.4) is 0 Å². The molecule has 3 saturated carbocycles. The van der Waals surface area contributed by atoms with Crippen LogP contribution in [0.5, 0.6) is 0 Å². The van der Waals surface area contributed by atoms with Crippen molar-refractivity contribution in [2.24, 2.45) is 22.7 Å². The van der Waals surface area contributed by atoms with Gasteiger partial charge in [-0.3, -0.25) is 19.6 Å². The first-order chi connectivity index (χ1) is 16.3. The van der Waals surface area contributed by atoms with E-state index in [-0.39, 0.29) is 29.7 Å². The molecule has 0 aromatic carbocycles. The fourth-order valence-corrected chi connectivity index (χ4v) is 7.10. The molecule has 10 heteroatoms. The molecule has 1 spiro atoms. The lowest BCUT2D eigenvalue weighted by Gasteiger charge is -2.31. The SMILES string of the molecule is COC(=O)c1sccc1NC(=O)[C@@H]1CC2(CC2)CN1C(=O)[C@@]1(CN(O)C=O)CC1C1CCCC1. The summed E-state index contributed by atoms with van der Waals surface area (Å²) in [6.07, 6.45) is 7.94. The maximum atomic E-state index is 14.0. The van der Waals surface area contributed by atoms with E-state index in [4.69, 9.17) is 4.74 Å². The molecule has 9 nitrogen and oxygen atoms in total. The first kappa shape index (κ1) is 23.3. The number of hydrogen-bond acceptors (Lipinski definition) is 7. The van der Waals surface area contributed by atoms with Crippen molar-refractivity contribution in [3.05, 3.63) is 16.3 Å². The Bertz CT molecular complexity index is 1000. The fourth-order valence-electron chi connectivity index (χ4n) is 6.34. The first-order valence-electron chi connectivity index (χ1n) is 12.0. The Balaban J connectivity index is 1.38. The highest BCUT2D eigenvalue weighted by atomic mass is 32.1. The molecule has 1 aliphatic heterocycles. The third-order valence-corrected chi connectivity index (χ3v) is 9.31. The Labute approximate surface area is 202 Å². The van der Waals surface area contributed by atoms with Crippen LogP contribution in [0.4, 0.5) is 5.69 Å². The molecule has 184 valence electrons. The van der Waals surface area contributed by atoms with Crippen molar-refractivity contribution in [2.75, 3.05) is 25.5 Å². The van der Waals surface area contributed by atoms with Gasteiger partial charge >= 0.3 is 5.97 Å². The van der Waals surface area contributed by atoms with Crippen LogP contribution in [0.1, 0.15) is 61.0 Å². The second-order valence-electron chi connectivity index (χ2n) is 10.5. The Hall–Kier alpha value is -2.46. The summed E-state index contributed by atoms with van der Waals surface area (Å²) in [5.41, 5.74) is -0.471. The second-order valence-corrected chi connectivity index (χ2v) is 11.4. The Morgan fingerprint density at radius 1 is 1.29 bits per heavy atom. The highest BCUT2D eigenvalue weighted by Crippen LogP contribution is 2.63. The molecule has 34 heavy (non-hydrogen) atoms. The maximum Gasteiger partial charge on any atom is 0.350 e. The summed E-state index contributed by atoms with van der Waals surface area (Å²) in [4.78, 5) is 52.7. The van der Waals surface area contributed by atoms with E-state index in [1.807, 2.05) is 0 Å². The van der Waals surface area contributed by atoms with Crippen LogP contribution in [0.2, 0.25) is 0 Å². The van der Waals surface area contributed by atoms with Gasteiger partial charge in [0, 0.05) is 6.54 Å². The van der Waals surface area contributed by atoms with Crippen molar-refractivity contribution < 1.29 is 29.1 Å². The molecule has 1 unspecified atom stereocenters. The van der Waals surface area contributed by atoms with Crippen molar-refractivity contribution in [1.29, 1.82) is 0 Å². The molecular weight excluding hydrogens is 458 g/mol. The summed E-state index contributed by atoms with van der Waals surface area (Å²) in [5.74, 6) is -0.420. The molecule has 4 fully saturated rings. The lowest BCUT2D eigenvalue weighted by molar-refractivity contribution is -0.160. The Morgan fingerprint density at radius 3 is 2.68 bits per heavy atom. The van der Waals surface area contributed by atoms with Crippen molar-refractivity contribution in [1.82, 2.24) is 9.96 Å². The molecule has 5 rings (SSSR count). The van der Waals surface area contributed by atoms with Gasteiger partial charge in [-0.1, -0.05) is 25.7 Å². The average Bonchev–Trinajstić information content (AvgIpc) is 3.46. The summed E-state index contributed by atoms with van der Waals surface area (Å²) >= 11 is 1.19. The zero-order valence-corrected chi connectivity index (χ0v) is 20.1. The Morgan fingerprint density at radius 2 is 2.03 bits per heavy atom. The molecule has 0 bridgehead atoms. The zero-order valence-electron chi connectivity index (χ0n) is 19.3. The fraction of sp³-hybridized carbons (Fsp3) is 0.667. The molecule has 3 aliphatic carbocycles. The number of methoxy groups -OCH3 is 1. The minimum absolute atomic E-state index is 0.0278. The minimum atomic E-state index is -0.830. The molecule has 0 radical (unpaired) electrons. The lowest BCUT2D eigenvalue weighted by Crippen LogP contribution is -2.49. The third-order valence-electron chi connectivity index (χ3n) is 8.42. The monoisotopic (exact) mass is 489 g/mol. The zero-order chi connectivity index (χ0) is 24.1. The molecule has 1 aromatic rings. The van der Waals surface area contributed by atoms with Gasteiger partial charge in [0.1, 0.15) is 10.9 Å². The minimum Gasteiger partial charge on any atom is -0.465 e. The largest absolute Gasteiger partial charge is 0.465 e. The molecule has 3 amide bonds. The van der Waals surface area contributed by atoms with E-state index < -0.39 is 17.4 Å². The van der Waals surface area contributed by atoms with Crippen LogP contribution in [0, 0.1) is 22.7 Å². The quantitative estimate of drug-likeness (QED) is 0.251. The van der Waals surface area contributed by atoms with Crippen molar-refractivity contribution in [2.45, 2.75) is 57.4 Å². The van der Waals surface area contributed by atoms with Gasteiger partial charge in [0.25, 0.3) is 0 Å². The van der Waals surface area contributed by atoms with E-state index in [1.54, 1.807) is 16.3 Å². The molecular formula is C24H31N3O6S. The number of esters is 1. The first-order valence-corrected chi connectivity index (χ1v) is 12.9. The van der Waals surface area contributed by atoms with Crippen LogP contribution >= 0.6 is 11.3 Å². The number of nitrogens with zero attached hydrogens (tertiary/aromatic N) is 2. The highest BCUT2D eigenvalue weighted by molar-refractivity contribution is 7.12. The van der Waals surface area contributed by atoms with Crippen molar-refractivity contribution in [3.8, 4) is 0 Å². The van der Waals surface area contributed by atoms with Crippen molar-refractivity contribution in [3.63, 3.8) is 0 Å².